The van der Waals surface area contributed by atoms with Crippen LogP contribution in [0.3, 0.4) is 0 Å². The smallest absolute Gasteiger partial charge is 0.126 e. The maximum Gasteiger partial charge on any atom is 0.126 e. The lowest BCUT2D eigenvalue weighted by molar-refractivity contribution is 0.604. The molecule has 0 unspecified atom stereocenters. The van der Waals surface area contributed by atoms with Crippen molar-refractivity contribution in [2.75, 3.05) is 6.54 Å². The van der Waals surface area contributed by atoms with Gasteiger partial charge in [-0.05, 0) is 37.1 Å². The standard InChI is InChI=1S/C10H15FN2.ClH/c1-7-2-3-8(6-9(7)11)10(13)4-5-12;/h2-3,6,10H,4-5,12-13H2,1H3;1H/t10-;/m1./s1. The SMILES string of the molecule is Cc1ccc([C@H](N)CCN)cc1F.Cl. The van der Waals surface area contributed by atoms with E-state index in [0.29, 0.717) is 18.5 Å². The molecule has 14 heavy (non-hydrogen) atoms. The van der Waals surface area contributed by atoms with Gasteiger partial charge in [-0.15, -0.1) is 12.4 Å². The zero-order chi connectivity index (χ0) is 9.84. The lowest BCUT2D eigenvalue weighted by Gasteiger charge is -2.10. The summed E-state index contributed by atoms with van der Waals surface area (Å²) in [5, 5.41) is 0. The Morgan fingerprint density at radius 3 is 2.57 bits per heavy atom. The van der Waals surface area contributed by atoms with Crippen LogP contribution in [0.2, 0.25) is 0 Å². The molecule has 1 aromatic carbocycles. The van der Waals surface area contributed by atoms with Gasteiger partial charge in [0.05, 0.1) is 0 Å². The van der Waals surface area contributed by atoms with E-state index in [4.69, 9.17) is 11.5 Å². The highest BCUT2D eigenvalue weighted by molar-refractivity contribution is 5.85. The molecule has 0 bridgehead atoms. The van der Waals surface area contributed by atoms with E-state index in [1.165, 1.54) is 6.07 Å². The molecule has 4 heteroatoms. The molecular weight excluding hydrogens is 203 g/mol. The second-order valence-electron chi connectivity index (χ2n) is 3.19. The number of nitrogens with two attached hydrogens (primary N) is 2. The molecule has 1 aromatic rings. The average Bonchev–Trinajstić information content (AvgIpc) is 2.10. The van der Waals surface area contributed by atoms with Crippen LogP contribution in [-0.4, -0.2) is 6.54 Å². The third-order valence-electron chi connectivity index (χ3n) is 2.10. The van der Waals surface area contributed by atoms with E-state index in [9.17, 15) is 4.39 Å². The normalized spacial score (nSPS) is 12.0. The summed E-state index contributed by atoms with van der Waals surface area (Å²) < 4.78 is 13.1. The maximum atomic E-state index is 13.1. The zero-order valence-electron chi connectivity index (χ0n) is 8.16. The highest BCUT2D eigenvalue weighted by atomic mass is 35.5. The first-order valence-corrected chi connectivity index (χ1v) is 4.37. The van der Waals surface area contributed by atoms with Crippen molar-refractivity contribution in [1.29, 1.82) is 0 Å². The highest BCUT2D eigenvalue weighted by Crippen LogP contribution is 2.16. The molecule has 0 aromatic heterocycles. The Morgan fingerprint density at radius 2 is 2.07 bits per heavy atom. The minimum atomic E-state index is -0.204. The van der Waals surface area contributed by atoms with Gasteiger partial charge >= 0.3 is 0 Å². The molecule has 0 amide bonds. The maximum absolute atomic E-state index is 13.1. The number of hydrogen-bond donors (Lipinski definition) is 2. The Balaban J connectivity index is 0.00000169. The number of aryl methyl sites for hydroxylation is 1. The second kappa shape index (κ2) is 5.96. The van der Waals surface area contributed by atoms with Crippen LogP contribution in [0.15, 0.2) is 18.2 Å². The molecule has 4 N–H and O–H groups in total. The Hall–Kier alpha value is -0.640. The summed E-state index contributed by atoms with van der Waals surface area (Å²) in [6.45, 7) is 2.25. The van der Waals surface area contributed by atoms with Crippen molar-refractivity contribution in [2.45, 2.75) is 19.4 Å². The Bertz CT molecular complexity index is 291. The van der Waals surface area contributed by atoms with E-state index < -0.39 is 0 Å². The van der Waals surface area contributed by atoms with Crippen LogP contribution >= 0.6 is 12.4 Å². The van der Waals surface area contributed by atoms with Crippen LogP contribution < -0.4 is 11.5 Å². The summed E-state index contributed by atoms with van der Waals surface area (Å²) in [5.41, 5.74) is 12.6. The van der Waals surface area contributed by atoms with Crippen LogP contribution in [0.1, 0.15) is 23.6 Å². The zero-order valence-corrected chi connectivity index (χ0v) is 8.98. The first kappa shape index (κ1) is 13.4. The van der Waals surface area contributed by atoms with E-state index in [1.807, 2.05) is 6.07 Å². The molecule has 0 aliphatic rings. The van der Waals surface area contributed by atoms with Crippen molar-refractivity contribution in [3.05, 3.63) is 35.1 Å². The fraction of sp³-hybridized carbons (Fsp3) is 0.400. The molecule has 0 aliphatic heterocycles. The third kappa shape index (κ3) is 3.25. The van der Waals surface area contributed by atoms with Crippen LogP contribution in [0.5, 0.6) is 0 Å². The van der Waals surface area contributed by atoms with Crippen LogP contribution in [-0.2, 0) is 0 Å². The quantitative estimate of drug-likeness (QED) is 0.814. The molecule has 1 rings (SSSR count). The molecule has 0 radical (unpaired) electrons. The van der Waals surface area contributed by atoms with E-state index in [0.717, 1.165) is 5.56 Å². The van der Waals surface area contributed by atoms with Gasteiger partial charge in [0, 0.05) is 6.04 Å². The van der Waals surface area contributed by atoms with Crippen LogP contribution in [0.4, 0.5) is 4.39 Å². The fourth-order valence-electron chi connectivity index (χ4n) is 1.19. The van der Waals surface area contributed by atoms with Gasteiger partial charge in [0.25, 0.3) is 0 Å². The minimum absolute atomic E-state index is 0. The van der Waals surface area contributed by atoms with E-state index >= 15 is 0 Å². The Labute approximate surface area is 89.9 Å². The fourth-order valence-corrected chi connectivity index (χ4v) is 1.19. The largest absolute Gasteiger partial charge is 0.330 e. The van der Waals surface area contributed by atoms with E-state index in [1.54, 1.807) is 13.0 Å². The molecule has 0 saturated carbocycles. The number of rotatable bonds is 3. The summed E-state index contributed by atoms with van der Waals surface area (Å²) in [4.78, 5) is 0. The molecular formula is C10H16ClFN2. The molecule has 0 heterocycles. The van der Waals surface area contributed by atoms with E-state index in [2.05, 4.69) is 0 Å². The Morgan fingerprint density at radius 1 is 1.43 bits per heavy atom. The lowest BCUT2D eigenvalue weighted by atomic mass is 10.0. The average molecular weight is 219 g/mol. The molecule has 0 fully saturated rings. The van der Waals surface area contributed by atoms with Crippen LogP contribution in [0, 0.1) is 12.7 Å². The first-order chi connectivity index (χ1) is 6.15. The van der Waals surface area contributed by atoms with Crippen molar-refractivity contribution in [3.63, 3.8) is 0 Å². The molecule has 0 spiro atoms. The summed E-state index contributed by atoms with van der Waals surface area (Å²) in [6.07, 6.45) is 0.683. The van der Waals surface area contributed by atoms with Crippen molar-refractivity contribution in [2.24, 2.45) is 11.5 Å². The highest BCUT2D eigenvalue weighted by Gasteiger charge is 2.06. The predicted molar refractivity (Wildman–Crippen MR) is 59.0 cm³/mol. The Kier molecular flexibility index (Phi) is 5.69. The first-order valence-electron chi connectivity index (χ1n) is 4.37. The predicted octanol–water partition coefficient (Wildman–Crippen LogP) is 1.90. The van der Waals surface area contributed by atoms with Gasteiger partial charge in [-0.25, -0.2) is 4.39 Å². The van der Waals surface area contributed by atoms with Crippen molar-refractivity contribution in [1.82, 2.24) is 0 Å². The summed E-state index contributed by atoms with van der Waals surface area (Å²) in [6, 6.07) is 4.91. The molecule has 1 atom stereocenters. The summed E-state index contributed by atoms with van der Waals surface area (Å²) in [5.74, 6) is -0.204. The van der Waals surface area contributed by atoms with Gasteiger partial charge < -0.3 is 11.5 Å². The molecule has 2 nitrogen and oxygen atoms in total. The molecule has 80 valence electrons. The van der Waals surface area contributed by atoms with Crippen molar-refractivity contribution >= 4 is 12.4 Å². The lowest BCUT2D eigenvalue weighted by Crippen LogP contribution is -2.15. The van der Waals surface area contributed by atoms with Gasteiger partial charge in [0.1, 0.15) is 5.82 Å². The van der Waals surface area contributed by atoms with Crippen molar-refractivity contribution < 1.29 is 4.39 Å². The summed E-state index contributed by atoms with van der Waals surface area (Å²) >= 11 is 0. The van der Waals surface area contributed by atoms with Crippen molar-refractivity contribution in [3.8, 4) is 0 Å². The number of halogens is 2. The van der Waals surface area contributed by atoms with Gasteiger partial charge in [0.15, 0.2) is 0 Å². The number of benzene rings is 1. The monoisotopic (exact) mass is 218 g/mol. The third-order valence-corrected chi connectivity index (χ3v) is 2.10. The van der Waals surface area contributed by atoms with Gasteiger partial charge in [-0.3, -0.25) is 0 Å². The number of hydrogen-bond acceptors (Lipinski definition) is 2. The van der Waals surface area contributed by atoms with Gasteiger partial charge in [0.2, 0.25) is 0 Å². The molecule has 0 aliphatic carbocycles. The van der Waals surface area contributed by atoms with Gasteiger partial charge in [-0.1, -0.05) is 12.1 Å². The van der Waals surface area contributed by atoms with Crippen LogP contribution in [0.25, 0.3) is 0 Å². The summed E-state index contributed by atoms with van der Waals surface area (Å²) in [7, 11) is 0. The molecule has 0 saturated heterocycles. The van der Waals surface area contributed by atoms with E-state index in [-0.39, 0.29) is 24.3 Å². The second-order valence-corrected chi connectivity index (χ2v) is 3.19. The topological polar surface area (TPSA) is 52.0 Å². The minimum Gasteiger partial charge on any atom is -0.330 e. The van der Waals surface area contributed by atoms with Gasteiger partial charge in [-0.2, -0.15) is 0 Å².